The van der Waals surface area contributed by atoms with Crippen molar-refractivity contribution < 1.29 is 8.42 Å². The maximum atomic E-state index is 11.8. The van der Waals surface area contributed by atoms with Crippen LogP contribution >= 0.6 is 22.9 Å². The molecule has 0 saturated carbocycles. The van der Waals surface area contributed by atoms with Gasteiger partial charge in [-0.3, -0.25) is 0 Å². The van der Waals surface area contributed by atoms with Crippen LogP contribution in [-0.2, 0) is 10.0 Å². The van der Waals surface area contributed by atoms with E-state index in [1.165, 1.54) is 23.7 Å². The highest BCUT2D eigenvalue weighted by molar-refractivity contribution is 7.89. The third kappa shape index (κ3) is 2.19. The summed E-state index contributed by atoms with van der Waals surface area (Å²) in [7, 11) is -3.40. The van der Waals surface area contributed by atoms with Gasteiger partial charge >= 0.3 is 0 Å². The molecule has 104 valence electrons. The minimum atomic E-state index is -3.40. The monoisotopic (exact) mass is 328 g/mol. The molecule has 0 aromatic carbocycles. The van der Waals surface area contributed by atoms with Gasteiger partial charge in [-0.2, -0.15) is 9.19 Å². The van der Waals surface area contributed by atoms with Crippen molar-refractivity contribution in [3.63, 3.8) is 0 Å². The SMILES string of the molecule is CCS(=O)(=O)n1cc(-c2nc(Cl)nc3ccsc23)cn1. The second-order valence-corrected chi connectivity index (χ2v) is 7.35. The van der Waals surface area contributed by atoms with Crippen molar-refractivity contribution >= 4 is 43.2 Å². The van der Waals surface area contributed by atoms with E-state index in [2.05, 4.69) is 15.1 Å². The molecule has 0 saturated heterocycles. The highest BCUT2D eigenvalue weighted by atomic mass is 35.5. The van der Waals surface area contributed by atoms with Crippen molar-refractivity contribution in [2.24, 2.45) is 0 Å². The first-order chi connectivity index (χ1) is 9.51. The summed E-state index contributed by atoms with van der Waals surface area (Å²) in [6.07, 6.45) is 2.90. The standard InChI is InChI=1S/C11H9ClN4O2S2/c1-2-20(17,18)16-6-7(5-13-16)9-10-8(3-4-19-10)14-11(12)15-9/h3-6H,2H2,1H3. The Morgan fingerprint density at radius 3 is 2.95 bits per heavy atom. The molecule has 9 heteroatoms. The zero-order valence-corrected chi connectivity index (χ0v) is 12.7. The van der Waals surface area contributed by atoms with E-state index in [1.807, 2.05) is 11.4 Å². The van der Waals surface area contributed by atoms with E-state index in [4.69, 9.17) is 11.6 Å². The van der Waals surface area contributed by atoms with Gasteiger partial charge in [-0.1, -0.05) is 0 Å². The fourth-order valence-electron chi connectivity index (χ4n) is 1.74. The molecule has 0 unspecified atom stereocenters. The lowest BCUT2D eigenvalue weighted by Crippen LogP contribution is -2.14. The Morgan fingerprint density at radius 1 is 1.40 bits per heavy atom. The van der Waals surface area contributed by atoms with E-state index in [0.29, 0.717) is 11.3 Å². The molecule has 0 radical (unpaired) electrons. The summed E-state index contributed by atoms with van der Waals surface area (Å²) in [5.74, 6) is -0.0208. The van der Waals surface area contributed by atoms with Gasteiger partial charge in [-0.15, -0.1) is 11.3 Å². The topological polar surface area (TPSA) is 77.7 Å². The fourth-order valence-corrected chi connectivity index (χ4v) is 3.49. The van der Waals surface area contributed by atoms with Crippen LogP contribution in [0, 0.1) is 0 Å². The summed E-state index contributed by atoms with van der Waals surface area (Å²) in [5.41, 5.74) is 1.92. The van der Waals surface area contributed by atoms with E-state index in [0.717, 1.165) is 14.3 Å². The van der Waals surface area contributed by atoms with Crippen LogP contribution in [0.25, 0.3) is 21.5 Å². The Labute approximate surface area is 124 Å². The number of thiophene rings is 1. The molecule has 3 aromatic rings. The summed E-state index contributed by atoms with van der Waals surface area (Å²) in [6.45, 7) is 1.57. The first kappa shape index (κ1) is 13.5. The third-order valence-corrected chi connectivity index (χ3v) is 5.34. The lowest BCUT2D eigenvalue weighted by Gasteiger charge is -2.00. The van der Waals surface area contributed by atoms with Gasteiger partial charge in [-0.05, 0) is 30.0 Å². The summed E-state index contributed by atoms with van der Waals surface area (Å²) < 4.78 is 25.3. The predicted octanol–water partition coefficient (Wildman–Crippen LogP) is 2.41. The second-order valence-electron chi connectivity index (χ2n) is 3.98. The lowest BCUT2D eigenvalue weighted by atomic mass is 10.2. The van der Waals surface area contributed by atoms with Gasteiger partial charge in [0.15, 0.2) is 0 Å². The molecule has 0 atom stereocenters. The molecule has 6 nitrogen and oxygen atoms in total. The van der Waals surface area contributed by atoms with Gasteiger partial charge in [0.2, 0.25) is 5.28 Å². The van der Waals surface area contributed by atoms with E-state index >= 15 is 0 Å². The number of aromatic nitrogens is 4. The van der Waals surface area contributed by atoms with Crippen molar-refractivity contribution in [3.05, 3.63) is 29.1 Å². The molecule has 0 fully saturated rings. The Morgan fingerprint density at radius 2 is 2.20 bits per heavy atom. The van der Waals surface area contributed by atoms with Gasteiger partial charge < -0.3 is 0 Å². The molecule has 0 aliphatic carbocycles. The lowest BCUT2D eigenvalue weighted by molar-refractivity contribution is 0.581. The van der Waals surface area contributed by atoms with Gasteiger partial charge in [-0.25, -0.2) is 18.4 Å². The van der Waals surface area contributed by atoms with Crippen molar-refractivity contribution in [2.45, 2.75) is 6.92 Å². The van der Waals surface area contributed by atoms with E-state index in [1.54, 1.807) is 6.92 Å². The van der Waals surface area contributed by atoms with Gasteiger partial charge in [0.05, 0.1) is 34.1 Å². The maximum absolute atomic E-state index is 11.8. The minimum absolute atomic E-state index is 0.0208. The van der Waals surface area contributed by atoms with Crippen LogP contribution in [0.5, 0.6) is 0 Å². The zero-order valence-electron chi connectivity index (χ0n) is 10.3. The van der Waals surface area contributed by atoms with Crippen molar-refractivity contribution in [1.82, 2.24) is 19.2 Å². The van der Waals surface area contributed by atoms with E-state index < -0.39 is 10.0 Å². The number of halogens is 1. The Hall–Kier alpha value is -1.51. The number of hydrogen-bond donors (Lipinski definition) is 0. The molecule has 0 aliphatic rings. The van der Waals surface area contributed by atoms with Crippen molar-refractivity contribution in [3.8, 4) is 11.3 Å². The molecule has 0 amide bonds. The number of fused-ring (bicyclic) bond motifs is 1. The summed E-state index contributed by atoms with van der Waals surface area (Å²) >= 11 is 7.36. The number of nitrogens with zero attached hydrogens (tertiary/aromatic N) is 4. The van der Waals surface area contributed by atoms with E-state index in [9.17, 15) is 8.42 Å². The van der Waals surface area contributed by atoms with Gasteiger partial charge in [0.1, 0.15) is 0 Å². The Bertz CT molecular complexity index is 885. The highest BCUT2D eigenvalue weighted by Crippen LogP contribution is 2.30. The minimum Gasteiger partial charge on any atom is -0.217 e. The predicted molar refractivity (Wildman–Crippen MR) is 78.5 cm³/mol. The normalized spacial score (nSPS) is 12.1. The van der Waals surface area contributed by atoms with Gasteiger partial charge in [0, 0.05) is 5.56 Å². The van der Waals surface area contributed by atoms with Crippen molar-refractivity contribution in [1.29, 1.82) is 0 Å². The molecule has 20 heavy (non-hydrogen) atoms. The van der Waals surface area contributed by atoms with Crippen LogP contribution in [0.15, 0.2) is 23.8 Å². The zero-order chi connectivity index (χ0) is 14.3. The molecule has 0 N–H and O–H groups in total. The first-order valence-corrected chi connectivity index (χ1v) is 8.57. The Kier molecular flexibility index (Phi) is 3.23. The number of hydrogen-bond acceptors (Lipinski definition) is 6. The maximum Gasteiger partial charge on any atom is 0.253 e. The largest absolute Gasteiger partial charge is 0.253 e. The highest BCUT2D eigenvalue weighted by Gasteiger charge is 2.16. The van der Waals surface area contributed by atoms with Crippen LogP contribution in [-0.4, -0.2) is 33.3 Å². The molecule has 3 rings (SSSR count). The van der Waals surface area contributed by atoms with Crippen LogP contribution in [0.2, 0.25) is 5.28 Å². The second kappa shape index (κ2) is 4.80. The molecular weight excluding hydrogens is 320 g/mol. The molecule has 0 bridgehead atoms. The molecule has 0 spiro atoms. The summed E-state index contributed by atoms with van der Waals surface area (Å²) in [6, 6.07) is 1.84. The first-order valence-electron chi connectivity index (χ1n) is 5.70. The molecule has 3 aromatic heterocycles. The summed E-state index contributed by atoms with van der Waals surface area (Å²) in [5, 5.41) is 5.89. The molecule has 3 heterocycles. The fraction of sp³-hybridized carbons (Fsp3) is 0.182. The van der Waals surface area contributed by atoms with Crippen LogP contribution in [0.1, 0.15) is 6.92 Å². The van der Waals surface area contributed by atoms with Crippen LogP contribution < -0.4 is 0 Å². The average molecular weight is 329 g/mol. The third-order valence-electron chi connectivity index (χ3n) is 2.76. The van der Waals surface area contributed by atoms with Gasteiger partial charge in [0.25, 0.3) is 10.0 Å². The van der Waals surface area contributed by atoms with E-state index in [-0.39, 0.29) is 11.0 Å². The Balaban J connectivity index is 2.19. The van der Waals surface area contributed by atoms with Crippen LogP contribution in [0.4, 0.5) is 0 Å². The molecule has 0 aliphatic heterocycles. The molecular formula is C11H9ClN4O2S2. The van der Waals surface area contributed by atoms with Crippen LogP contribution in [0.3, 0.4) is 0 Å². The average Bonchev–Trinajstić information content (AvgIpc) is 3.06. The summed E-state index contributed by atoms with van der Waals surface area (Å²) in [4.78, 5) is 8.29. The van der Waals surface area contributed by atoms with Crippen molar-refractivity contribution in [2.75, 3.05) is 5.75 Å². The number of rotatable bonds is 3. The quantitative estimate of drug-likeness (QED) is 0.690. The smallest absolute Gasteiger partial charge is 0.217 e.